The van der Waals surface area contributed by atoms with Crippen LogP contribution in [0.25, 0.3) is 11.5 Å². The lowest BCUT2D eigenvalue weighted by atomic mass is 9.67. The maximum atomic E-state index is 13.3. The van der Waals surface area contributed by atoms with Crippen molar-refractivity contribution in [3.05, 3.63) is 41.3 Å². The number of urea groups is 1. The van der Waals surface area contributed by atoms with Gasteiger partial charge in [0.2, 0.25) is 5.89 Å². The average molecular weight is 381 g/mol. The van der Waals surface area contributed by atoms with Crippen LogP contribution in [0.4, 0.5) is 4.79 Å². The van der Waals surface area contributed by atoms with Gasteiger partial charge in [-0.25, -0.2) is 9.78 Å². The Morgan fingerprint density at radius 2 is 1.93 bits per heavy atom. The molecule has 1 spiro atoms. The van der Waals surface area contributed by atoms with Crippen molar-refractivity contribution in [1.82, 2.24) is 15.2 Å². The number of aromatic nitrogens is 1. The van der Waals surface area contributed by atoms with E-state index in [9.17, 15) is 9.59 Å². The molecule has 2 aromatic rings. The van der Waals surface area contributed by atoms with Crippen molar-refractivity contribution in [1.29, 1.82) is 0 Å². The lowest BCUT2D eigenvalue weighted by Gasteiger charge is -2.42. The van der Waals surface area contributed by atoms with Crippen LogP contribution in [-0.2, 0) is 11.3 Å². The van der Waals surface area contributed by atoms with Crippen LogP contribution in [0.15, 0.2) is 28.9 Å². The first-order valence-electron chi connectivity index (χ1n) is 9.99. The molecule has 0 bridgehead atoms. The minimum absolute atomic E-state index is 0.125. The van der Waals surface area contributed by atoms with Crippen molar-refractivity contribution >= 4 is 11.9 Å². The number of imide groups is 1. The number of hydrogen-bond acceptors (Lipinski definition) is 4. The predicted octanol–water partition coefficient (Wildman–Crippen LogP) is 4.21. The third-order valence-corrected chi connectivity index (χ3v) is 6.47. The highest BCUT2D eigenvalue weighted by Gasteiger charge is 2.58. The first-order valence-corrected chi connectivity index (χ1v) is 9.99. The topological polar surface area (TPSA) is 75.4 Å². The van der Waals surface area contributed by atoms with E-state index in [2.05, 4.69) is 30.2 Å². The molecule has 1 N–H and O–H groups in total. The molecule has 3 amide bonds. The molecule has 1 aliphatic carbocycles. The molecule has 1 aliphatic heterocycles. The summed E-state index contributed by atoms with van der Waals surface area (Å²) >= 11 is 0. The van der Waals surface area contributed by atoms with Crippen LogP contribution in [0.1, 0.15) is 49.9 Å². The normalized spacial score (nSPS) is 27.5. The third-order valence-electron chi connectivity index (χ3n) is 6.47. The second-order valence-corrected chi connectivity index (χ2v) is 8.39. The van der Waals surface area contributed by atoms with Crippen molar-refractivity contribution in [2.24, 2.45) is 11.8 Å². The van der Waals surface area contributed by atoms with Gasteiger partial charge in [0.05, 0.1) is 12.2 Å². The van der Waals surface area contributed by atoms with Gasteiger partial charge in [0.15, 0.2) is 0 Å². The maximum Gasteiger partial charge on any atom is 0.325 e. The number of carbonyl (C=O) groups is 2. The largest absolute Gasteiger partial charge is 0.444 e. The molecule has 0 radical (unpaired) electrons. The minimum Gasteiger partial charge on any atom is -0.444 e. The molecule has 6 nitrogen and oxygen atoms in total. The van der Waals surface area contributed by atoms with Crippen LogP contribution < -0.4 is 5.32 Å². The first kappa shape index (κ1) is 18.7. The summed E-state index contributed by atoms with van der Waals surface area (Å²) in [7, 11) is 0. The van der Waals surface area contributed by atoms with Crippen LogP contribution in [0.2, 0.25) is 0 Å². The number of aryl methyl sites for hydroxylation is 2. The molecule has 1 saturated carbocycles. The van der Waals surface area contributed by atoms with E-state index in [1.54, 1.807) is 0 Å². The first-order chi connectivity index (χ1) is 13.3. The number of benzene rings is 1. The highest BCUT2D eigenvalue weighted by Crippen LogP contribution is 2.42. The van der Waals surface area contributed by atoms with E-state index in [-0.39, 0.29) is 30.3 Å². The highest BCUT2D eigenvalue weighted by atomic mass is 16.3. The predicted molar refractivity (Wildman–Crippen MR) is 105 cm³/mol. The standard InChI is InChI=1S/C22H27N3O3/c1-13-8-9-18(14(2)10-13)19-23-17(12-28-19)11-25-20(26)22(24-21(25)27)15(3)6-5-7-16(22)4/h8-10,12,15-16H,5-7,11H2,1-4H3,(H,24,27). The Hall–Kier alpha value is -2.63. The molecule has 2 atom stereocenters. The number of rotatable bonds is 3. The Labute approximate surface area is 165 Å². The number of hydrogen-bond donors (Lipinski definition) is 1. The Morgan fingerprint density at radius 3 is 2.61 bits per heavy atom. The number of carbonyl (C=O) groups excluding carboxylic acids is 2. The van der Waals surface area contributed by atoms with Gasteiger partial charge in [-0.05, 0) is 50.2 Å². The Kier molecular flexibility index (Phi) is 4.52. The summed E-state index contributed by atoms with van der Waals surface area (Å²) < 4.78 is 5.65. The van der Waals surface area contributed by atoms with Gasteiger partial charge in [-0.1, -0.05) is 38.0 Å². The smallest absolute Gasteiger partial charge is 0.325 e. The lowest BCUT2D eigenvalue weighted by molar-refractivity contribution is -0.137. The molecule has 148 valence electrons. The fourth-order valence-corrected chi connectivity index (χ4v) is 4.82. The summed E-state index contributed by atoms with van der Waals surface area (Å²) in [5.74, 6) is 0.628. The quantitative estimate of drug-likeness (QED) is 0.808. The molecular weight excluding hydrogens is 354 g/mol. The molecule has 2 heterocycles. The summed E-state index contributed by atoms with van der Waals surface area (Å²) in [6.45, 7) is 8.30. The van der Waals surface area contributed by atoms with Crippen LogP contribution in [0.3, 0.4) is 0 Å². The fourth-order valence-electron chi connectivity index (χ4n) is 4.82. The molecule has 1 saturated heterocycles. The van der Waals surface area contributed by atoms with Crippen molar-refractivity contribution < 1.29 is 14.0 Å². The molecule has 6 heteroatoms. The molecule has 1 aromatic heterocycles. The Morgan fingerprint density at radius 1 is 1.21 bits per heavy atom. The number of oxazole rings is 1. The van der Waals surface area contributed by atoms with Crippen LogP contribution >= 0.6 is 0 Å². The van der Waals surface area contributed by atoms with Gasteiger partial charge in [-0.3, -0.25) is 9.69 Å². The van der Waals surface area contributed by atoms with Crippen molar-refractivity contribution in [3.63, 3.8) is 0 Å². The molecule has 2 unspecified atom stereocenters. The van der Waals surface area contributed by atoms with E-state index in [1.165, 1.54) is 16.7 Å². The highest BCUT2D eigenvalue weighted by molar-refractivity contribution is 6.07. The van der Waals surface area contributed by atoms with Gasteiger partial charge in [0.25, 0.3) is 5.91 Å². The van der Waals surface area contributed by atoms with E-state index >= 15 is 0 Å². The van der Waals surface area contributed by atoms with Gasteiger partial charge >= 0.3 is 6.03 Å². The number of nitrogens with one attached hydrogen (secondary N) is 1. The summed E-state index contributed by atoms with van der Waals surface area (Å²) in [5.41, 5.74) is 2.96. The Bertz CT molecular complexity index is 923. The lowest BCUT2D eigenvalue weighted by Crippen LogP contribution is -2.58. The molecule has 1 aromatic carbocycles. The monoisotopic (exact) mass is 381 g/mol. The van der Waals surface area contributed by atoms with Crippen LogP contribution in [0.5, 0.6) is 0 Å². The van der Waals surface area contributed by atoms with Crippen LogP contribution in [-0.4, -0.2) is 27.4 Å². The number of amides is 3. The summed E-state index contributed by atoms with van der Waals surface area (Å²) in [4.78, 5) is 31.8. The van der Waals surface area contributed by atoms with Gasteiger partial charge in [0.1, 0.15) is 11.8 Å². The van der Waals surface area contributed by atoms with Crippen molar-refractivity contribution in [2.75, 3.05) is 0 Å². The average Bonchev–Trinajstić information content (AvgIpc) is 3.19. The zero-order chi connectivity index (χ0) is 20.1. The molecule has 2 aliphatic rings. The third kappa shape index (κ3) is 2.82. The summed E-state index contributed by atoms with van der Waals surface area (Å²) in [6.07, 6.45) is 4.53. The van der Waals surface area contributed by atoms with E-state index in [4.69, 9.17) is 4.42 Å². The van der Waals surface area contributed by atoms with Crippen LogP contribution in [0, 0.1) is 25.7 Å². The summed E-state index contributed by atoms with van der Waals surface area (Å²) in [6, 6.07) is 5.74. The van der Waals surface area contributed by atoms with Gasteiger partial charge in [0, 0.05) is 5.56 Å². The van der Waals surface area contributed by atoms with Crippen molar-refractivity contribution in [2.45, 2.75) is 59.0 Å². The molecular formula is C22H27N3O3. The second-order valence-electron chi connectivity index (χ2n) is 8.39. The zero-order valence-electron chi connectivity index (χ0n) is 16.9. The van der Waals surface area contributed by atoms with E-state index in [0.29, 0.717) is 11.6 Å². The SMILES string of the molecule is Cc1ccc(-c2nc(CN3C(=O)NC4(C3=O)C(C)CCCC4C)co2)c(C)c1. The number of nitrogens with zero attached hydrogens (tertiary/aromatic N) is 2. The van der Waals surface area contributed by atoms with Crippen molar-refractivity contribution in [3.8, 4) is 11.5 Å². The second kappa shape index (κ2) is 6.76. The van der Waals surface area contributed by atoms with E-state index < -0.39 is 5.54 Å². The fraction of sp³-hybridized carbons (Fsp3) is 0.500. The Balaban J connectivity index is 1.57. The molecule has 4 rings (SSSR count). The maximum absolute atomic E-state index is 13.3. The molecule has 2 fully saturated rings. The van der Waals surface area contributed by atoms with Gasteiger partial charge < -0.3 is 9.73 Å². The van der Waals surface area contributed by atoms with E-state index in [0.717, 1.165) is 30.4 Å². The van der Waals surface area contributed by atoms with E-state index in [1.807, 2.05) is 26.0 Å². The minimum atomic E-state index is -0.782. The molecule has 28 heavy (non-hydrogen) atoms. The van der Waals surface area contributed by atoms with Gasteiger partial charge in [-0.15, -0.1) is 0 Å². The summed E-state index contributed by atoms with van der Waals surface area (Å²) in [5, 5.41) is 3.02. The zero-order valence-corrected chi connectivity index (χ0v) is 16.9. The van der Waals surface area contributed by atoms with Gasteiger partial charge in [-0.2, -0.15) is 0 Å².